The summed E-state index contributed by atoms with van der Waals surface area (Å²) in [5, 5.41) is 20.0. The van der Waals surface area contributed by atoms with Gasteiger partial charge in [-0.25, -0.2) is 9.59 Å². The van der Waals surface area contributed by atoms with Crippen LogP contribution in [0.15, 0.2) is 0 Å². The van der Waals surface area contributed by atoms with Crippen molar-refractivity contribution in [1.29, 1.82) is 0 Å². The topological polar surface area (TPSA) is 107 Å². The molecule has 1 heterocycles. The van der Waals surface area contributed by atoms with Crippen molar-refractivity contribution in [2.45, 2.75) is 51.6 Å². The van der Waals surface area contributed by atoms with Crippen molar-refractivity contribution in [2.24, 2.45) is 5.92 Å². The lowest BCUT2D eigenvalue weighted by molar-refractivity contribution is -0.140. The maximum absolute atomic E-state index is 12.1. The van der Waals surface area contributed by atoms with E-state index in [1.807, 2.05) is 6.92 Å². The summed E-state index contributed by atoms with van der Waals surface area (Å²) >= 11 is 0. The summed E-state index contributed by atoms with van der Waals surface area (Å²) in [5.74, 6) is -1.92. The number of carbonyl (C=O) groups is 3. The molecule has 1 aliphatic rings. The molecule has 7 nitrogen and oxygen atoms in total. The molecule has 0 bridgehead atoms. The number of aliphatic carboxylic acids is 2. The second-order valence-electron chi connectivity index (χ2n) is 5.33. The molecule has 0 radical (unpaired) electrons. The van der Waals surface area contributed by atoms with E-state index >= 15 is 0 Å². The Bertz CT molecular complexity index is 385. The minimum atomic E-state index is -1.21. The van der Waals surface area contributed by atoms with Gasteiger partial charge >= 0.3 is 18.0 Å². The molecule has 3 atom stereocenters. The Hall–Kier alpha value is -1.79. The molecule has 2 amide bonds. The molecule has 0 aromatic carbocycles. The lowest BCUT2D eigenvalue weighted by atomic mass is 9.92. The number of carboxylic acid groups (broad SMARTS) is 2. The number of amides is 2. The third-order valence-corrected chi connectivity index (χ3v) is 3.88. The summed E-state index contributed by atoms with van der Waals surface area (Å²) in [6.07, 6.45) is 1.54. The van der Waals surface area contributed by atoms with Gasteiger partial charge in [0.05, 0.1) is 0 Å². The normalized spacial score (nSPS) is 24.0. The van der Waals surface area contributed by atoms with Gasteiger partial charge in [-0.3, -0.25) is 4.79 Å². The summed E-state index contributed by atoms with van der Waals surface area (Å²) in [7, 11) is 0. The van der Waals surface area contributed by atoms with Crippen LogP contribution < -0.4 is 5.32 Å². The molecule has 1 aliphatic heterocycles. The van der Waals surface area contributed by atoms with E-state index in [1.54, 1.807) is 4.90 Å². The van der Waals surface area contributed by atoms with Gasteiger partial charge in [-0.15, -0.1) is 0 Å². The van der Waals surface area contributed by atoms with Crippen molar-refractivity contribution in [2.75, 3.05) is 6.54 Å². The fourth-order valence-electron chi connectivity index (χ4n) is 2.38. The second-order valence-corrected chi connectivity index (χ2v) is 5.33. The monoisotopic (exact) mass is 286 g/mol. The standard InChI is InChI=1S/C13H22N2O5/c1-8-4-3-7-15(9(8)2)13(20)14-10(12(18)19)5-6-11(16)17/h8-10H,3-7H2,1-2H3,(H,14,20)(H,16,17)(H,18,19). The van der Waals surface area contributed by atoms with Crippen LogP contribution in [0, 0.1) is 5.92 Å². The molecule has 1 saturated heterocycles. The predicted molar refractivity (Wildman–Crippen MR) is 71.4 cm³/mol. The Morgan fingerprint density at radius 1 is 1.30 bits per heavy atom. The van der Waals surface area contributed by atoms with Gasteiger partial charge in [0, 0.05) is 19.0 Å². The van der Waals surface area contributed by atoms with Crippen molar-refractivity contribution in [3.63, 3.8) is 0 Å². The van der Waals surface area contributed by atoms with Crippen LogP contribution in [0.2, 0.25) is 0 Å². The zero-order valence-electron chi connectivity index (χ0n) is 11.8. The van der Waals surface area contributed by atoms with Crippen molar-refractivity contribution in [3.8, 4) is 0 Å². The highest BCUT2D eigenvalue weighted by molar-refractivity contribution is 5.83. The Morgan fingerprint density at radius 3 is 2.50 bits per heavy atom. The van der Waals surface area contributed by atoms with Crippen LogP contribution in [0.25, 0.3) is 0 Å². The largest absolute Gasteiger partial charge is 0.481 e. The minimum absolute atomic E-state index is 0.0534. The number of likely N-dealkylation sites (tertiary alicyclic amines) is 1. The molecule has 1 fully saturated rings. The lowest BCUT2D eigenvalue weighted by Crippen LogP contribution is -2.54. The number of hydrogen-bond acceptors (Lipinski definition) is 3. The van der Waals surface area contributed by atoms with Gasteiger partial charge in [-0.05, 0) is 32.1 Å². The Labute approximate surface area is 117 Å². The van der Waals surface area contributed by atoms with E-state index < -0.39 is 24.0 Å². The molecule has 3 N–H and O–H groups in total. The van der Waals surface area contributed by atoms with Crippen LogP contribution in [-0.4, -0.2) is 51.7 Å². The maximum atomic E-state index is 12.1. The zero-order valence-corrected chi connectivity index (χ0v) is 11.8. The van der Waals surface area contributed by atoms with Gasteiger partial charge in [0.15, 0.2) is 0 Å². The first-order valence-corrected chi connectivity index (χ1v) is 6.84. The highest BCUT2D eigenvalue weighted by Gasteiger charge is 2.30. The van der Waals surface area contributed by atoms with Crippen molar-refractivity contribution in [3.05, 3.63) is 0 Å². The van der Waals surface area contributed by atoms with Crippen LogP contribution in [-0.2, 0) is 9.59 Å². The number of carboxylic acids is 2. The van der Waals surface area contributed by atoms with Gasteiger partial charge in [-0.1, -0.05) is 6.92 Å². The number of rotatable bonds is 5. The molecule has 114 valence electrons. The molecule has 0 spiro atoms. The molecule has 0 aromatic rings. The second kappa shape index (κ2) is 7.12. The molecule has 0 saturated carbocycles. The SMILES string of the molecule is CC1CCCN(C(=O)NC(CCC(=O)O)C(=O)O)C1C. The van der Waals surface area contributed by atoms with Crippen LogP contribution in [0.4, 0.5) is 4.79 Å². The number of urea groups is 1. The van der Waals surface area contributed by atoms with E-state index in [0.717, 1.165) is 12.8 Å². The summed E-state index contributed by atoms with van der Waals surface area (Å²) < 4.78 is 0. The number of hydrogen-bond donors (Lipinski definition) is 3. The zero-order chi connectivity index (χ0) is 15.3. The molecule has 20 heavy (non-hydrogen) atoms. The fourth-order valence-corrected chi connectivity index (χ4v) is 2.38. The first-order chi connectivity index (χ1) is 9.32. The van der Waals surface area contributed by atoms with Crippen molar-refractivity contribution < 1.29 is 24.6 Å². The Balaban J connectivity index is 2.60. The van der Waals surface area contributed by atoms with Gasteiger partial charge in [0.25, 0.3) is 0 Å². The molecule has 0 aliphatic carbocycles. The quantitative estimate of drug-likeness (QED) is 0.702. The highest BCUT2D eigenvalue weighted by atomic mass is 16.4. The maximum Gasteiger partial charge on any atom is 0.326 e. The average Bonchev–Trinajstić information content (AvgIpc) is 2.36. The number of nitrogens with one attached hydrogen (secondary N) is 1. The van der Waals surface area contributed by atoms with E-state index in [1.165, 1.54) is 0 Å². The van der Waals surface area contributed by atoms with Crippen LogP contribution in [0.1, 0.15) is 39.5 Å². The van der Waals surface area contributed by atoms with E-state index in [0.29, 0.717) is 12.5 Å². The molecule has 7 heteroatoms. The van der Waals surface area contributed by atoms with E-state index in [-0.39, 0.29) is 18.9 Å². The lowest BCUT2D eigenvalue weighted by Gasteiger charge is -2.38. The number of carbonyl (C=O) groups excluding carboxylic acids is 1. The Kier molecular flexibility index (Phi) is 5.79. The van der Waals surface area contributed by atoms with Crippen LogP contribution in [0.5, 0.6) is 0 Å². The van der Waals surface area contributed by atoms with E-state index in [4.69, 9.17) is 10.2 Å². The number of nitrogens with zero attached hydrogens (tertiary/aromatic N) is 1. The molecule has 0 aromatic heterocycles. The molecule has 3 unspecified atom stereocenters. The third kappa shape index (κ3) is 4.40. The van der Waals surface area contributed by atoms with E-state index in [2.05, 4.69) is 12.2 Å². The average molecular weight is 286 g/mol. The molecular weight excluding hydrogens is 264 g/mol. The first kappa shape index (κ1) is 16.3. The number of piperidine rings is 1. The summed E-state index contributed by atoms with van der Waals surface area (Å²) in [6.45, 7) is 4.60. The van der Waals surface area contributed by atoms with Crippen molar-refractivity contribution in [1.82, 2.24) is 10.2 Å². The molecule has 1 rings (SSSR count). The summed E-state index contributed by atoms with van der Waals surface area (Å²) in [6, 6.07) is -1.54. The van der Waals surface area contributed by atoms with Gasteiger partial charge in [-0.2, -0.15) is 0 Å². The van der Waals surface area contributed by atoms with Gasteiger partial charge in [0.2, 0.25) is 0 Å². The van der Waals surface area contributed by atoms with Gasteiger partial charge < -0.3 is 20.4 Å². The molecular formula is C13H22N2O5. The Morgan fingerprint density at radius 2 is 1.95 bits per heavy atom. The third-order valence-electron chi connectivity index (χ3n) is 3.88. The minimum Gasteiger partial charge on any atom is -0.481 e. The first-order valence-electron chi connectivity index (χ1n) is 6.84. The fraction of sp³-hybridized carbons (Fsp3) is 0.769. The highest BCUT2D eigenvalue weighted by Crippen LogP contribution is 2.22. The van der Waals surface area contributed by atoms with Gasteiger partial charge in [0.1, 0.15) is 6.04 Å². The predicted octanol–water partition coefficient (Wildman–Crippen LogP) is 1.13. The van der Waals surface area contributed by atoms with Crippen LogP contribution in [0.3, 0.4) is 0 Å². The summed E-state index contributed by atoms with van der Waals surface area (Å²) in [4.78, 5) is 35.3. The smallest absolute Gasteiger partial charge is 0.326 e. The van der Waals surface area contributed by atoms with E-state index in [9.17, 15) is 14.4 Å². The summed E-state index contributed by atoms with van der Waals surface area (Å²) in [5.41, 5.74) is 0. The van der Waals surface area contributed by atoms with Crippen molar-refractivity contribution >= 4 is 18.0 Å². The van der Waals surface area contributed by atoms with Crippen LogP contribution >= 0.6 is 0 Å².